The van der Waals surface area contributed by atoms with E-state index in [2.05, 4.69) is 20.0 Å². The summed E-state index contributed by atoms with van der Waals surface area (Å²) in [5.41, 5.74) is -0.0679. The van der Waals surface area contributed by atoms with E-state index in [-0.39, 0.29) is 11.6 Å². The van der Waals surface area contributed by atoms with Crippen molar-refractivity contribution in [1.82, 2.24) is 15.3 Å². The number of rotatable bonds is 6. The molecule has 0 bridgehead atoms. The predicted octanol–water partition coefficient (Wildman–Crippen LogP) is 2.70. The topological polar surface area (TPSA) is 84.1 Å². The number of halogens is 3. The monoisotopic (exact) mass is 367 g/mol. The molecule has 1 aromatic heterocycles. The molecule has 0 radical (unpaired) electrons. The molecule has 3 rings (SSSR count). The van der Waals surface area contributed by atoms with E-state index < -0.39 is 35.7 Å². The van der Waals surface area contributed by atoms with E-state index >= 15 is 0 Å². The van der Waals surface area contributed by atoms with Crippen LogP contribution in [0.1, 0.15) is 40.8 Å². The quantitative estimate of drug-likeness (QED) is 0.822. The Morgan fingerprint density at radius 1 is 1.35 bits per heavy atom. The van der Waals surface area contributed by atoms with E-state index in [9.17, 15) is 22.8 Å². The maximum Gasteiger partial charge on any atom is 0.387 e. The molecule has 2 aromatic rings. The maximum atomic E-state index is 14.0. The van der Waals surface area contributed by atoms with Crippen LogP contribution in [0.25, 0.3) is 0 Å². The van der Waals surface area contributed by atoms with Gasteiger partial charge in [-0.1, -0.05) is 6.07 Å². The molecule has 1 aliphatic rings. The van der Waals surface area contributed by atoms with Crippen LogP contribution in [0.5, 0.6) is 5.75 Å². The number of H-pyrrole nitrogens is 1. The molecule has 1 atom stereocenters. The largest absolute Gasteiger partial charge is 0.432 e. The molecule has 1 saturated carbocycles. The first-order chi connectivity index (χ1) is 12.3. The Bertz CT molecular complexity index is 881. The second-order valence-corrected chi connectivity index (χ2v) is 6.07. The van der Waals surface area contributed by atoms with Gasteiger partial charge in [-0.25, -0.2) is 9.37 Å². The average Bonchev–Trinajstić information content (AvgIpc) is 3.38. The van der Waals surface area contributed by atoms with Crippen LogP contribution in [-0.2, 0) is 0 Å². The van der Waals surface area contributed by atoms with Gasteiger partial charge in [0, 0.05) is 6.07 Å². The lowest BCUT2D eigenvalue weighted by Gasteiger charge is -2.19. The minimum Gasteiger partial charge on any atom is -0.432 e. The number of nitrogens with one attached hydrogen (secondary N) is 2. The van der Waals surface area contributed by atoms with Crippen molar-refractivity contribution in [3.63, 3.8) is 0 Å². The summed E-state index contributed by atoms with van der Waals surface area (Å²) in [6.07, 6.45) is 1.67. The number of nitrogens with zero attached hydrogens (tertiary/aromatic N) is 1. The molecular formula is C17H16F3N3O3. The lowest BCUT2D eigenvalue weighted by atomic mass is 10.0. The van der Waals surface area contributed by atoms with Crippen molar-refractivity contribution < 1.29 is 22.7 Å². The Morgan fingerprint density at radius 3 is 2.65 bits per heavy atom. The highest BCUT2D eigenvalue weighted by Gasteiger charge is 2.34. The van der Waals surface area contributed by atoms with Crippen LogP contribution in [-0.4, -0.2) is 22.5 Å². The Kier molecular flexibility index (Phi) is 4.97. The van der Waals surface area contributed by atoms with Crippen molar-refractivity contribution in [1.29, 1.82) is 0 Å². The Morgan fingerprint density at radius 2 is 2.08 bits per heavy atom. The zero-order valence-corrected chi connectivity index (χ0v) is 13.8. The summed E-state index contributed by atoms with van der Waals surface area (Å²) in [4.78, 5) is 30.3. The second-order valence-electron chi connectivity index (χ2n) is 6.07. The molecule has 0 unspecified atom stereocenters. The number of amides is 1. The van der Waals surface area contributed by atoms with E-state index in [1.54, 1.807) is 6.92 Å². The van der Waals surface area contributed by atoms with Gasteiger partial charge in [-0.05, 0) is 43.4 Å². The van der Waals surface area contributed by atoms with Crippen LogP contribution in [0.3, 0.4) is 0 Å². The van der Waals surface area contributed by atoms with Gasteiger partial charge in [0.2, 0.25) is 0 Å². The Balaban J connectivity index is 1.82. The lowest BCUT2D eigenvalue weighted by molar-refractivity contribution is -0.0522. The van der Waals surface area contributed by atoms with Gasteiger partial charge >= 0.3 is 6.61 Å². The highest BCUT2D eigenvalue weighted by molar-refractivity contribution is 5.92. The number of carbonyl (C=O) groups excluding carboxylic acids is 1. The van der Waals surface area contributed by atoms with Crippen molar-refractivity contribution >= 4 is 5.91 Å². The molecule has 1 aliphatic carbocycles. The van der Waals surface area contributed by atoms with E-state index in [1.165, 1.54) is 6.07 Å². The summed E-state index contributed by atoms with van der Waals surface area (Å²) >= 11 is 0. The normalized spacial score (nSPS) is 15.0. The average molecular weight is 367 g/mol. The molecule has 0 aliphatic heterocycles. The van der Waals surface area contributed by atoms with E-state index in [4.69, 9.17) is 0 Å². The second kappa shape index (κ2) is 7.19. The standard InChI is InChI=1S/C17H16F3N3O3/c1-8-21-12(7-14(24)22-8)16(25)23-15(9-2-3-9)10-4-5-13(11(18)6-10)26-17(19)20/h4-7,9,15,17H,2-3H2,1H3,(H,23,25)(H,21,22,24)/t15-/m1/s1. The number of aryl methyl sites for hydroxylation is 1. The Hall–Kier alpha value is -2.84. The number of hydrogen-bond acceptors (Lipinski definition) is 4. The van der Waals surface area contributed by atoms with Gasteiger partial charge in [0.15, 0.2) is 11.6 Å². The van der Waals surface area contributed by atoms with Crippen LogP contribution in [0.2, 0.25) is 0 Å². The van der Waals surface area contributed by atoms with Crippen molar-refractivity contribution in [3.05, 3.63) is 57.5 Å². The molecule has 1 amide bonds. The number of alkyl halides is 2. The molecule has 138 valence electrons. The highest BCUT2D eigenvalue weighted by Crippen LogP contribution is 2.41. The first kappa shape index (κ1) is 18.0. The lowest BCUT2D eigenvalue weighted by Crippen LogP contribution is -2.31. The minimum absolute atomic E-state index is 0.0463. The number of benzene rings is 1. The molecule has 1 fully saturated rings. The Labute approximate surface area is 146 Å². The molecule has 1 aromatic carbocycles. The fraction of sp³-hybridized carbons (Fsp3) is 0.353. The number of hydrogen-bond donors (Lipinski definition) is 2. The summed E-state index contributed by atoms with van der Waals surface area (Å²) in [6.45, 7) is -1.58. The van der Waals surface area contributed by atoms with E-state index in [0.717, 1.165) is 31.0 Å². The van der Waals surface area contributed by atoms with Crippen LogP contribution in [0.15, 0.2) is 29.1 Å². The number of aromatic nitrogens is 2. The maximum absolute atomic E-state index is 14.0. The minimum atomic E-state index is -3.13. The van der Waals surface area contributed by atoms with Gasteiger partial charge in [0.05, 0.1) is 6.04 Å². The zero-order chi connectivity index (χ0) is 18.8. The summed E-state index contributed by atoms with van der Waals surface area (Å²) in [5.74, 6) is -1.66. The van der Waals surface area contributed by atoms with Crippen LogP contribution >= 0.6 is 0 Å². The van der Waals surface area contributed by atoms with Gasteiger partial charge in [-0.3, -0.25) is 9.59 Å². The number of aromatic amines is 1. The van der Waals surface area contributed by atoms with Crippen LogP contribution < -0.4 is 15.6 Å². The molecular weight excluding hydrogens is 351 g/mol. The SMILES string of the molecule is Cc1nc(C(=O)N[C@@H](c2ccc(OC(F)F)c(F)c2)C2CC2)cc(=O)[nH]1. The number of ether oxygens (including phenoxy) is 1. The highest BCUT2D eigenvalue weighted by atomic mass is 19.3. The molecule has 9 heteroatoms. The number of carbonyl (C=O) groups is 1. The molecule has 26 heavy (non-hydrogen) atoms. The summed E-state index contributed by atoms with van der Waals surface area (Å²) in [6, 6.07) is 4.16. The molecule has 1 heterocycles. The van der Waals surface area contributed by atoms with Gasteiger partial charge in [0.25, 0.3) is 11.5 Å². The van der Waals surface area contributed by atoms with Crippen molar-refractivity contribution in [2.45, 2.75) is 32.4 Å². The van der Waals surface area contributed by atoms with E-state index in [1.807, 2.05) is 0 Å². The fourth-order valence-electron chi connectivity index (χ4n) is 2.72. The van der Waals surface area contributed by atoms with E-state index in [0.29, 0.717) is 11.4 Å². The van der Waals surface area contributed by atoms with Gasteiger partial charge < -0.3 is 15.0 Å². The van der Waals surface area contributed by atoms with Gasteiger partial charge in [-0.2, -0.15) is 8.78 Å². The third-order valence-electron chi connectivity index (χ3n) is 4.00. The van der Waals surface area contributed by atoms with Crippen LogP contribution in [0.4, 0.5) is 13.2 Å². The summed E-state index contributed by atoms with van der Waals surface area (Å²) in [5, 5.41) is 2.74. The molecule has 0 spiro atoms. The predicted molar refractivity (Wildman–Crippen MR) is 85.6 cm³/mol. The fourth-order valence-corrected chi connectivity index (χ4v) is 2.72. The van der Waals surface area contributed by atoms with Crippen LogP contribution in [0, 0.1) is 18.7 Å². The first-order valence-electron chi connectivity index (χ1n) is 7.96. The smallest absolute Gasteiger partial charge is 0.387 e. The zero-order valence-electron chi connectivity index (χ0n) is 13.8. The third kappa shape index (κ3) is 4.22. The summed E-state index contributed by atoms with van der Waals surface area (Å²) in [7, 11) is 0. The van der Waals surface area contributed by atoms with Gasteiger partial charge in [0.1, 0.15) is 11.5 Å². The van der Waals surface area contributed by atoms with Gasteiger partial charge in [-0.15, -0.1) is 0 Å². The molecule has 2 N–H and O–H groups in total. The van der Waals surface area contributed by atoms with Crippen molar-refractivity contribution in [2.75, 3.05) is 0 Å². The van der Waals surface area contributed by atoms with Crippen molar-refractivity contribution in [2.24, 2.45) is 5.92 Å². The third-order valence-corrected chi connectivity index (χ3v) is 4.00. The molecule has 0 saturated heterocycles. The molecule has 6 nitrogen and oxygen atoms in total. The summed E-state index contributed by atoms with van der Waals surface area (Å²) < 4.78 is 42.6. The first-order valence-corrected chi connectivity index (χ1v) is 7.96. The van der Waals surface area contributed by atoms with Crippen molar-refractivity contribution in [3.8, 4) is 5.75 Å².